The van der Waals surface area contributed by atoms with Crippen LogP contribution in [0.5, 0.6) is 0 Å². The summed E-state index contributed by atoms with van der Waals surface area (Å²) in [5, 5.41) is 1.04. The second kappa shape index (κ2) is 3.74. The average molecular weight is 205 g/mol. The van der Waals surface area contributed by atoms with Gasteiger partial charge in [0.05, 0.1) is 11.2 Å². The van der Waals surface area contributed by atoms with Crippen LogP contribution in [0.25, 0.3) is 22.2 Å². The third kappa shape index (κ3) is 1.54. The molecule has 0 aliphatic carbocycles. The molecule has 0 atom stereocenters. The van der Waals surface area contributed by atoms with E-state index in [0.29, 0.717) is 0 Å². The molecule has 75 valence electrons. The van der Waals surface area contributed by atoms with Crippen LogP contribution < -0.4 is 0 Å². The summed E-state index contributed by atoms with van der Waals surface area (Å²) in [4.78, 5) is 8.58. The van der Waals surface area contributed by atoms with Gasteiger partial charge in [-0.05, 0) is 30.3 Å². The van der Waals surface area contributed by atoms with Crippen LogP contribution in [0.2, 0.25) is 0 Å². The smallest absolute Gasteiger partial charge is 0.0717 e. The van der Waals surface area contributed by atoms with E-state index in [4.69, 9.17) is 0 Å². The van der Waals surface area contributed by atoms with E-state index < -0.39 is 0 Å². The number of aromatic nitrogens is 2. The Hall–Kier alpha value is -2.22. The maximum atomic E-state index is 4.59. The van der Waals surface area contributed by atoms with E-state index in [0.717, 1.165) is 22.2 Å². The fraction of sp³-hybridized carbons (Fsp3) is 0. The summed E-state index contributed by atoms with van der Waals surface area (Å²) < 4.78 is 0. The molecule has 3 aromatic rings. The lowest BCUT2D eigenvalue weighted by molar-refractivity contribution is 1.31. The summed E-state index contributed by atoms with van der Waals surface area (Å²) in [5.41, 5.74) is 2.97. The zero-order chi connectivity index (χ0) is 10.8. The molecular formula is C14H9N2. The summed E-state index contributed by atoms with van der Waals surface area (Å²) in [7, 11) is 0. The Morgan fingerprint density at radius 1 is 0.938 bits per heavy atom. The Kier molecular flexibility index (Phi) is 2.11. The molecule has 0 spiro atoms. The molecular weight excluding hydrogens is 196 g/mol. The van der Waals surface area contributed by atoms with Crippen LogP contribution in [0.1, 0.15) is 0 Å². The summed E-state index contributed by atoms with van der Waals surface area (Å²) in [6.07, 6.45) is 3.54. The van der Waals surface area contributed by atoms with Gasteiger partial charge < -0.3 is 0 Å². The normalized spacial score (nSPS) is 10.5. The van der Waals surface area contributed by atoms with Gasteiger partial charge >= 0.3 is 0 Å². The molecule has 3 rings (SSSR count). The first kappa shape index (κ1) is 9.04. The van der Waals surface area contributed by atoms with E-state index >= 15 is 0 Å². The third-order valence-corrected chi connectivity index (χ3v) is 2.49. The van der Waals surface area contributed by atoms with Crippen LogP contribution in [-0.2, 0) is 0 Å². The van der Waals surface area contributed by atoms with E-state index in [1.54, 1.807) is 12.4 Å². The van der Waals surface area contributed by atoms with Crippen molar-refractivity contribution in [2.75, 3.05) is 0 Å². The number of pyridine rings is 2. The number of rotatable bonds is 1. The molecule has 0 aliphatic rings. The lowest BCUT2D eigenvalue weighted by atomic mass is 10.1. The molecule has 0 bridgehead atoms. The first-order valence-corrected chi connectivity index (χ1v) is 5.11. The highest BCUT2D eigenvalue weighted by atomic mass is 14.7. The minimum absolute atomic E-state index is 0.932. The molecule has 16 heavy (non-hydrogen) atoms. The van der Waals surface area contributed by atoms with Gasteiger partial charge in [0.2, 0.25) is 0 Å². The minimum Gasteiger partial charge on any atom is -0.265 e. The van der Waals surface area contributed by atoms with E-state index in [1.165, 1.54) is 0 Å². The van der Waals surface area contributed by atoms with Crippen LogP contribution in [0.3, 0.4) is 0 Å². The van der Waals surface area contributed by atoms with E-state index in [2.05, 4.69) is 16.0 Å². The molecule has 2 aromatic heterocycles. The Bertz CT molecular complexity index is 618. The highest BCUT2D eigenvalue weighted by Crippen LogP contribution is 2.19. The zero-order valence-corrected chi connectivity index (χ0v) is 8.59. The predicted octanol–water partition coefficient (Wildman–Crippen LogP) is 3.10. The van der Waals surface area contributed by atoms with Gasteiger partial charge in [-0.3, -0.25) is 4.98 Å². The molecule has 1 aromatic carbocycles. The van der Waals surface area contributed by atoms with Gasteiger partial charge in [-0.2, -0.15) is 0 Å². The molecule has 2 heterocycles. The maximum absolute atomic E-state index is 4.59. The van der Waals surface area contributed by atoms with Crippen molar-refractivity contribution in [2.45, 2.75) is 0 Å². The van der Waals surface area contributed by atoms with Crippen molar-refractivity contribution in [3.05, 3.63) is 60.9 Å². The molecule has 2 nitrogen and oxygen atoms in total. The molecule has 0 unspecified atom stereocenters. The second-order valence-corrected chi connectivity index (χ2v) is 3.54. The molecule has 0 fully saturated rings. The fourth-order valence-corrected chi connectivity index (χ4v) is 1.67. The number of benzene rings is 1. The fourth-order valence-electron chi connectivity index (χ4n) is 1.67. The van der Waals surface area contributed by atoms with Crippen LogP contribution in [0.15, 0.2) is 54.9 Å². The van der Waals surface area contributed by atoms with Crippen molar-refractivity contribution in [2.24, 2.45) is 0 Å². The van der Waals surface area contributed by atoms with Crippen LogP contribution >= 0.6 is 0 Å². The van der Waals surface area contributed by atoms with Crippen molar-refractivity contribution in [3.8, 4) is 11.3 Å². The summed E-state index contributed by atoms with van der Waals surface area (Å²) in [6.45, 7) is 0. The van der Waals surface area contributed by atoms with Crippen molar-refractivity contribution in [3.63, 3.8) is 0 Å². The second-order valence-electron chi connectivity index (χ2n) is 3.54. The summed E-state index contributed by atoms with van der Waals surface area (Å²) >= 11 is 0. The Morgan fingerprint density at radius 2 is 1.75 bits per heavy atom. The highest BCUT2D eigenvalue weighted by Gasteiger charge is 2.00. The topological polar surface area (TPSA) is 25.8 Å². The van der Waals surface area contributed by atoms with Crippen molar-refractivity contribution >= 4 is 10.9 Å². The van der Waals surface area contributed by atoms with Crippen LogP contribution in [0, 0.1) is 6.07 Å². The first-order valence-electron chi connectivity index (χ1n) is 5.11. The molecule has 1 radical (unpaired) electrons. The van der Waals surface area contributed by atoms with Crippen LogP contribution in [0.4, 0.5) is 0 Å². The highest BCUT2D eigenvalue weighted by molar-refractivity contribution is 5.80. The molecule has 0 saturated heterocycles. The SMILES string of the molecule is [c]1cc(-c2ccncc2)nc2ccccc12. The Labute approximate surface area is 93.6 Å². The lowest BCUT2D eigenvalue weighted by Gasteiger charge is -2.01. The number of para-hydroxylation sites is 1. The Balaban J connectivity index is 2.19. The summed E-state index contributed by atoms with van der Waals surface area (Å²) in [6, 6.07) is 17.0. The van der Waals surface area contributed by atoms with Gasteiger partial charge in [0.25, 0.3) is 0 Å². The molecule has 0 aliphatic heterocycles. The standard InChI is InChI=1S/C14H9N2/c1-2-4-13-11(3-1)5-6-14(16-13)12-7-9-15-10-8-12/h1-4,6-10H. The van der Waals surface area contributed by atoms with Gasteiger partial charge in [-0.1, -0.05) is 18.2 Å². The number of nitrogens with zero attached hydrogens (tertiary/aromatic N) is 2. The van der Waals surface area contributed by atoms with Crippen molar-refractivity contribution in [1.82, 2.24) is 9.97 Å². The third-order valence-electron chi connectivity index (χ3n) is 2.49. The summed E-state index contributed by atoms with van der Waals surface area (Å²) in [5.74, 6) is 0. The minimum atomic E-state index is 0.932. The van der Waals surface area contributed by atoms with Gasteiger partial charge in [0, 0.05) is 23.3 Å². The largest absolute Gasteiger partial charge is 0.265 e. The molecule has 0 N–H and O–H groups in total. The van der Waals surface area contributed by atoms with Crippen molar-refractivity contribution in [1.29, 1.82) is 0 Å². The van der Waals surface area contributed by atoms with Gasteiger partial charge in [0.1, 0.15) is 0 Å². The lowest BCUT2D eigenvalue weighted by Crippen LogP contribution is -1.85. The molecule has 0 saturated carbocycles. The van der Waals surface area contributed by atoms with Gasteiger partial charge in [-0.25, -0.2) is 4.98 Å². The van der Waals surface area contributed by atoms with Gasteiger partial charge in [0.15, 0.2) is 0 Å². The zero-order valence-electron chi connectivity index (χ0n) is 8.59. The predicted molar refractivity (Wildman–Crippen MR) is 63.8 cm³/mol. The number of hydrogen-bond acceptors (Lipinski definition) is 2. The monoisotopic (exact) mass is 205 g/mol. The molecule has 0 amide bonds. The van der Waals surface area contributed by atoms with E-state index in [1.807, 2.05) is 42.5 Å². The average Bonchev–Trinajstić information content (AvgIpc) is 2.39. The van der Waals surface area contributed by atoms with E-state index in [-0.39, 0.29) is 0 Å². The molecule has 2 heteroatoms. The first-order chi connectivity index (χ1) is 7.93. The van der Waals surface area contributed by atoms with Gasteiger partial charge in [-0.15, -0.1) is 0 Å². The number of fused-ring (bicyclic) bond motifs is 1. The maximum Gasteiger partial charge on any atom is 0.0717 e. The Morgan fingerprint density at radius 3 is 2.62 bits per heavy atom. The van der Waals surface area contributed by atoms with Crippen LogP contribution in [-0.4, -0.2) is 9.97 Å². The quantitative estimate of drug-likeness (QED) is 0.610. The van der Waals surface area contributed by atoms with Crippen molar-refractivity contribution < 1.29 is 0 Å². The van der Waals surface area contributed by atoms with E-state index in [9.17, 15) is 0 Å². The number of hydrogen-bond donors (Lipinski definition) is 0.